The summed E-state index contributed by atoms with van der Waals surface area (Å²) in [5, 5.41) is 3.62. The summed E-state index contributed by atoms with van der Waals surface area (Å²) in [4.78, 5) is 7.78. The van der Waals surface area contributed by atoms with Crippen LogP contribution in [0.2, 0.25) is 0 Å². The third-order valence-electron chi connectivity index (χ3n) is 4.13. The molecule has 1 aromatic carbocycles. The van der Waals surface area contributed by atoms with E-state index in [1.165, 1.54) is 22.4 Å². The lowest BCUT2D eigenvalue weighted by Gasteiger charge is -2.35. The van der Waals surface area contributed by atoms with Crippen molar-refractivity contribution < 1.29 is 0 Å². The average Bonchev–Trinajstić information content (AvgIpc) is 2.82. The van der Waals surface area contributed by atoms with E-state index in [9.17, 15) is 0 Å². The number of hydrogen-bond donors (Lipinski definition) is 2. The van der Waals surface area contributed by atoms with Gasteiger partial charge in [-0.3, -0.25) is 0 Å². The van der Waals surface area contributed by atoms with Crippen LogP contribution in [0.5, 0.6) is 0 Å². The van der Waals surface area contributed by atoms with Gasteiger partial charge in [0.15, 0.2) is 0 Å². The molecule has 1 unspecified atom stereocenters. The molecule has 0 spiro atoms. The normalized spacial score (nSPS) is 22.8. The summed E-state index contributed by atoms with van der Waals surface area (Å²) in [6.07, 6.45) is 2.83. The predicted molar refractivity (Wildman–Crippen MR) is 72.7 cm³/mol. The summed E-state index contributed by atoms with van der Waals surface area (Å²) < 4.78 is 0. The second kappa shape index (κ2) is 3.95. The number of nitrogens with one attached hydrogen (secondary N) is 2. The fourth-order valence-corrected chi connectivity index (χ4v) is 2.75. The summed E-state index contributed by atoms with van der Waals surface area (Å²) >= 11 is 0. The number of aryl methyl sites for hydroxylation is 2. The fourth-order valence-electron chi connectivity index (χ4n) is 2.75. The molecular weight excluding hydrogens is 222 g/mol. The van der Waals surface area contributed by atoms with Crippen molar-refractivity contribution in [3.63, 3.8) is 0 Å². The third-order valence-corrected chi connectivity index (χ3v) is 4.13. The highest BCUT2D eigenvalue weighted by Gasteiger charge is 2.35. The van der Waals surface area contributed by atoms with Gasteiger partial charge in [-0.05, 0) is 37.5 Å². The first-order chi connectivity index (χ1) is 8.61. The smallest absolute Gasteiger partial charge is 0.0926 e. The Morgan fingerprint density at radius 2 is 2.06 bits per heavy atom. The van der Waals surface area contributed by atoms with Crippen molar-refractivity contribution >= 4 is 0 Å². The van der Waals surface area contributed by atoms with Crippen LogP contribution in [0.1, 0.15) is 35.0 Å². The first kappa shape index (κ1) is 11.5. The maximum absolute atomic E-state index is 4.52. The van der Waals surface area contributed by atoms with Crippen molar-refractivity contribution in [1.82, 2.24) is 15.3 Å². The van der Waals surface area contributed by atoms with Crippen LogP contribution in [0.25, 0.3) is 0 Å². The van der Waals surface area contributed by atoms with E-state index >= 15 is 0 Å². The predicted octanol–water partition coefficient (Wildman–Crippen LogP) is 2.44. The van der Waals surface area contributed by atoms with E-state index in [-0.39, 0.29) is 5.54 Å². The number of nitrogens with zero attached hydrogens (tertiary/aromatic N) is 1. The van der Waals surface area contributed by atoms with Crippen molar-refractivity contribution in [2.75, 3.05) is 6.54 Å². The van der Waals surface area contributed by atoms with Gasteiger partial charge < -0.3 is 10.3 Å². The van der Waals surface area contributed by atoms with Crippen LogP contribution in [0.4, 0.5) is 0 Å². The molecule has 0 saturated heterocycles. The maximum Gasteiger partial charge on any atom is 0.0926 e. The summed E-state index contributed by atoms with van der Waals surface area (Å²) in [6.45, 7) is 7.51. The lowest BCUT2D eigenvalue weighted by atomic mass is 9.83. The third kappa shape index (κ3) is 1.58. The van der Waals surface area contributed by atoms with Crippen molar-refractivity contribution in [1.29, 1.82) is 0 Å². The van der Waals surface area contributed by atoms with Gasteiger partial charge in [0, 0.05) is 18.7 Å². The molecule has 3 rings (SSSR count). The van der Waals surface area contributed by atoms with Crippen molar-refractivity contribution in [3.8, 4) is 0 Å². The molecule has 0 fully saturated rings. The summed E-state index contributed by atoms with van der Waals surface area (Å²) in [7, 11) is 0. The van der Waals surface area contributed by atoms with Crippen molar-refractivity contribution in [2.24, 2.45) is 0 Å². The summed E-state index contributed by atoms with van der Waals surface area (Å²) in [5.41, 5.74) is 6.18. The second-order valence-corrected chi connectivity index (χ2v) is 5.33. The lowest BCUT2D eigenvalue weighted by Crippen LogP contribution is -2.46. The molecule has 0 aliphatic carbocycles. The van der Waals surface area contributed by atoms with Gasteiger partial charge in [-0.2, -0.15) is 0 Å². The van der Waals surface area contributed by atoms with E-state index in [4.69, 9.17) is 0 Å². The van der Waals surface area contributed by atoms with Crippen LogP contribution in [0, 0.1) is 13.8 Å². The van der Waals surface area contributed by atoms with Crippen molar-refractivity contribution in [2.45, 2.75) is 32.7 Å². The molecule has 0 saturated carbocycles. The van der Waals surface area contributed by atoms with Gasteiger partial charge in [-0.25, -0.2) is 4.98 Å². The molecule has 0 bridgehead atoms. The number of rotatable bonds is 1. The zero-order valence-electron chi connectivity index (χ0n) is 11.2. The van der Waals surface area contributed by atoms with Gasteiger partial charge in [0.2, 0.25) is 0 Å². The van der Waals surface area contributed by atoms with E-state index in [1.54, 1.807) is 6.33 Å². The molecular formula is C15H19N3. The van der Waals surface area contributed by atoms with Gasteiger partial charge in [-0.1, -0.05) is 18.2 Å². The van der Waals surface area contributed by atoms with Gasteiger partial charge in [0.1, 0.15) is 0 Å². The number of aromatic nitrogens is 2. The monoisotopic (exact) mass is 241 g/mol. The Bertz CT molecular complexity index is 585. The average molecular weight is 241 g/mol. The zero-order valence-corrected chi connectivity index (χ0v) is 11.2. The van der Waals surface area contributed by atoms with Crippen LogP contribution in [0.3, 0.4) is 0 Å². The molecule has 1 aromatic heterocycles. The molecule has 2 heterocycles. The molecule has 3 heteroatoms. The molecule has 94 valence electrons. The quantitative estimate of drug-likeness (QED) is 0.805. The van der Waals surface area contributed by atoms with Crippen LogP contribution in [-0.4, -0.2) is 16.5 Å². The number of fused-ring (bicyclic) bond motifs is 1. The maximum atomic E-state index is 4.52. The minimum Gasteiger partial charge on any atom is -0.348 e. The lowest BCUT2D eigenvalue weighted by molar-refractivity contribution is 0.403. The second-order valence-electron chi connectivity index (χ2n) is 5.33. The Labute approximate surface area is 108 Å². The molecule has 3 nitrogen and oxygen atoms in total. The Hall–Kier alpha value is -1.61. The largest absolute Gasteiger partial charge is 0.348 e. The first-order valence-corrected chi connectivity index (χ1v) is 6.47. The molecule has 18 heavy (non-hydrogen) atoms. The standard InChI is InChI=1S/C15H19N3/c1-10-4-5-12(8-11(10)2)15(3)14-13(6-7-18-15)16-9-17-14/h4-5,8-9,18H,6-7H2,1-3H3,(H,16,17). The summed E-state index contributed by atoms with van der Waals surface area (Å²) in [5.74, 6) is 0. The molecule has 0 amide bonds. The van der Waals surface area contributed by atoms with Gasteiger partial charge in [-0.15, -0.1) is 0 Å². The minimum atomic E-state index is -0.175. The topological polar surface area (TPSA) is 40.7 Å². The molecule has 1 atom stereocenters. The number of benzene rings is 1. The SMILES string of the molecule is Cc1ccc(C2(C)NCCc3[nH]cnc32)cc1C. The highest BCUT2D eigenvalue weighted by atomic mass is 15.1. The van der Waals surface area contributed by atoms with Crippen molar-refractivity contribution in [3.05, 3.63) is 52.6 Å². The Kier molecular flexibility index (Phi) is 2.52. The van der Waals surface area contributed by atoms with E-state index in [1.807, 2.05) is 0 Å². The molecule has 2 aromatic rings. The first-order valence-electron chi connectivity index (χ1n) is 6.47. The van der Waals surface area contributed by atoms with Crippen LogP contribution < -0.4 is 5.32 Å². The van der Waals surface area contributed by atoms with Gasteiger partial charge >= 0.3 is 0 Å². The Morgan fingerprint density at radius 3 is 2.83 bits per heavy atom. The molecule has 0 radical (unpaired) electrons. The van der Waals surface area contributed by atoms with E-state index in [0.29, 0.717) is 0 Å². The van der Waals surface area contributed by atoms with Gasteiger partial charge in [0.05, 0.1) is 17.6 Å². The summed E-state index contributed by atoms with van der Waals surface area (Å²) in [6, 6.07) is 6.67. The van der Waals surface area contributed by atoms with E-state index < -0.39 is 0 Å². The number of H-pyrrole nitrogens is 1. The zero-order chi connectivity index (χ0) is 12.8. The highest BCUT2D eigenvalue weighted by molar-refractivity contribution is 5.41. The minimum absolute atomic E-state index is 0.175. The van der Waals surface area contributed by atoms with Crippen LogP contribution >= 0.6 is 0 Å². The van der Waals surface area contributed by atoms with Gasteiger partial charge in [0.25, 0.3) is 0 Å². The van der Waals surface area contributed by atoms with Crippen LogP contribution in [-0.2, 0) is 12.0 Å². The van der Waals surface area contributed by atoms with E-state index in [2.05, 4.69) is 54.3 Å². The fraction of sp³-hybridized carbons (Fsp3) is 0.400. The molecule has 1 aliphatic heterocycles. The van der Waals surface area contributed by atoms with Crippen LogP contribution in [0.15, 0.2) is 24.5 Å². The Balaban J connectivity index is 2.14. The number of imidazole rings is 1. The molecule has 2 N–H and O–H groups in total. The van der Waals surface area contributed by atoms with E-state index in [0.717, 1.165) is 18.7 Å². The highest BCUT2D eigenvalue weighted by Crippen LogP contribution is 2.33. The number of aromatic amines is 1. The molecule has 1 aliphatic rings. The number of hydrogen-bond acceptors (Lipinski definition) is 2. The Morgan fingerprint density at radius 1 is 1.22 bits per heavy atom.